The third kappa shape index (κ3) is 2.28. The molecule has 0 bridgehead atoms. The van der Waals surface area contributed by atoms with Gasteiger partial charge in [0.2, 0.25) is 0 Å². The van der Waals surface area contributed by atoms with Crippen LogP contribution in [0.3, 0.4) is 0 Å². The smallest absolute Gasteiger partial charge is 0.116 e. The number of hydrogen-bond donors (Lipinski definition) is 2. The second-order valence-electron chi connectivity index (χ2n) is 7.99. The lowest BCUT2D eigenvalue weighted by Gasteiger charge is -2.40. The molecule has 0 aliphatic heterocycles. The van der Waals surface area contributed by atoms with E-state index in [1.807, 2.05) is 26.0 Å². The van der Waals surface area contributed by atoms with Gasteiger partial charge in [0.05, 0.1) is 0 Å². The standard InChI is InChI=1S/C26H24O2/c1-3-25(27)15-20-12-11-19-13-22-18(10-9-17-7-5-6-8-21(17)22)14-23(19)24(20)16-26(25,28)4-2/h5-16,27-28H,3-4H2,1-2H3. The highest BCUT2D eigenvalue weighted by Crippen LogP contribution is 2.34. The molecule has 0 radical (unpaired) electrons. The Balaban J connectivity index is 1.92. The molecule has 5 rings (SSSR count). The zero-order chi connectivity index (χ0) is 19.5. The summed E-state index contributed by atoms with van der Waals surface area (Å²) in [6.07, 6.45) is 4.65. The first-order valence-corrected chi connectivity index (χ1v) is 10.0. The van der Waals surface area contributed by atoms with E-state index in [4.69, 9.17) is 0 Å². The Morgan fingerprint density at radius 1 is 0.643 bits per heavy atom. The van der Waals surface area contributed by atoms with Gasteiger partial charge in [-0.2, -0.15) is 0 Å². The topological polar surface area (TPSA) is 40.5 Å². The van der Waals surface area contributed by atoms with Crippen molar-refractivity contribution in [1.82, 2.24) is 0 Å². The predicted molar refractivity (Wildman–Crippen MR) is 118 cm³/mol. The van der Waals surface area contributed by atoms with Gasteiger partial charge in [-0.3, -0.25) is 0 Å². The Hall–Kier alpha value is -2.68. The third-order valence-electron chi connectivity index (χ3n) is 6.56. The van der Waals surface area contributed by atoms with Crippen LogP contribution in [0.4, 0.5) is 0 Å². The largest absolute Gasteiger partial charge is 0.382 e. The molecule has 0 heterocycles. The average Bonchev–Trinajstić information content (AvgIpc) is 2.73. The zero-order valence-corrected chi connectivity index (χ0v) is 16.2. The van der Waals surface area contributed by atoms with Crippen LogP contribution in [0, 0.1) is 0 Å². The summed E-state index contributed by atoms with van der Waals surface area (Å²) in [6, 6.07) is 21.4. The number of rotatable bonds is 2. The van der Waals surface area contributed by atoms with Crippen molar-refractivity contribution in [2.45, 2.75) is 37.9 Å². The third-order valence-corrected chi connectivity index (χ3v) is 6.56. The van der Waals surface area contributed by atoms with Crippen LogP contribution in [-0.4, -0.2) is 21.4 Å². The van der Waals surface area contributed by atoms with Crippen molar-refractivity contribution in [1.29, 1.82) is 0 Å². The highest BCUT2D eigenvalue weighted by molar-refractivity contribution is 6.12. The molecule has 2 heteroatoms. The van der Waals surface area contributed by atoms with E-state index in [-0.39, 0.29) is 0 Å². The van der Waals surface area contributed by atoms with E-state index >= 15 is 0 Å². The van der Waals surface area contributed by atoms with Gasteiger partial charge in [0.15, 0.2) is 0 Å². The number of hydrogen-bond acceptors (Lipinski definition) is 2. The second kappa shape index (κ2) is 5.91. The molecule has 140 valence electrons. The van der Waals surface area contributed by atoms with Gasteiger partial charge in [0, 0.05) is 0 Å². The predicted octanol–water partition coefficient (Wildman–Crippen LogP) is 4.00. The van der Waals surface area contributed by atoms with Crippen molar-refractivity contribution in [3.8, 4) is 0 Å². The van der Waals surface area contributed by atoms with E-state index in [1.54, 1.807) is 0 Å². The van der Waals surface area contributed by atoms with E-state index in [1.165, 1.54) is 21.5 Å². The maximum Gasteiger partial charge on any atom is 0.116 e. The van der Waals surface area contributed by atoms with Gasteiger partial charge < -0.3 is 10.2 Å². The minimum atomic E-state index is -1.26. The van der Waals surface area contributed by atoms with Crippen LogP contribution in [0.1, 0.15) is 26.7 Å². The van der Waals surface area contributed by atoms with Crippen LogP contribution in [-0.2, 0) is 0 Å². The zero-order valence-electron chi connectivity index (χ0n) is 16.2. The molecule has 0 spiro atoms. The molecule has 1 aliphatic rings. The molecule has 1 aliphatic carbocycles. The fraction of sp³-hybridized carbons (Fsp3) is 0.231. The molecule has 28 heavy (non-hydrogen) atoms. The Labute approximate surface area is 164 Å². The van der Waals surface area contributed by atoms with E-state index in [2.05, 4.69) is 60.7 Å². The summed E-state index contributed by atoms with van der Waals surface area (Å²) in [6.45, 7) is 3.83. The van der Waals surface area contributed by atoms with Crippen molar-refractivity contribution in [3.63, 3.8) is 0 Å². The van der Waals surface area contributed by atoms with Crippen LogP contribution in [0.15, 0.2) is 60.7 Å². The Morgan fingerprint density at radius 2 is 1.25 bits per heavy atom. The quantitative estimate of drug-likeness (QED) is 0.415. The summed E-state index contributed by atoms with van der Waals surface area (Å²) < 4.78 is 0. The summed E-state index contributed by atoms with van der Waals surface area (Å²) in [5.41, 5.74) is -2.50. The monoisotopic (exact) mass is 368 g/mol. The molecular formula is C26H24O2. The lowest BCUT2D eigenvalue weighted by Crippen LogP contribution is -2.56. The van der Waals surface area contributed by atoms with Crippen LogP contribution in [0.5, 0.6) is 0 Å². The normalized spacial score (nSPS) is 24.1. The van der Waals surface area contributed by atoms with Crippen LogP contribution in [0.2, 0.25) is 0 Å². The highest BCUT2D eigenvalue weighted by Gasteiger charge is 2.44. The molecule has 2 unspecified atom stereocenters. The van der Waals surface area contributed by atoms with Crippen LogP contribution < -0.4 is 10.4 Å². The summed E-state index contributed by atoms with van der Waals surface area (Å²) in [7, 11) is 0. The van der Waals surface area contributed by atoms with Crippen molar-refractivity contribution >= 4 is 44.5 Å². The second-order valence-corrected chi connectivity index (χ2v) is 7.99. The molecule has 4 aromatic rings. The van der Waals surface area contributed by atoms with Gasteiger partial charge in [-0.25, -0.2) is 0 Å². The molecule has 0 saturated carbocycles. The minimum absolute atomic E-state index is 0.460. The average molecular weight is 368 g/mol. The Bertz CT molecular complexity index is 1370. The van der Waals surface area contributed by atoms with Crippen molar-refractivity contribution in [2.75, 3.05) is 0 Å². The van der Waals surface area contributed by atoms with E-state index < -0.39 is 11.2 Å². The summed E-state index contributed by atoms with van der Waals surface area (Å²) in [5.74, 6) is 0. The first-order valence-electron chi connectivity index (χ1n) is 10.0. The fourth-order valence-electron chi connectivity index (χ4n) is 4.72. The molecule has 0 saturated heterocycles. The number of fused-ring (bicyclic) bond motifs is 6. The first-order chi connectivity index (χ1) is 13.5. The summed E-state index contributed by atoms with van der Waals surface area (Å²) in [4.78, 5) is 0. The molecule has 0 fully saturated rings. The lowest BCUT2D eigenvalue weighted by atomic mass is 9.74. The molecule has 2 nitrogen and oxygen atoms in total. The number of aliphatic hydroxyl groups is 2. The van der Waals surface area contributed by atoms with E-state index in [0.717, 1.165) is 21.2 Å². The minimum Gasteiger partial charge on any atom is -0.382 e. The van der Waals surface area contributed by atoms with Gasteiger partial charge in [0.25, 0.3) is 0 Å². The molecule has 2 atom stereocenters. The molecule has 0 amide bonds. The van der Waals surface area contributed by atoms with Gasteiger partial charge >= 0.3 is 0 Å². The maximum atomic E-state index is 11.2. The summed E-state index contributed by atoms with van der Waals surface area (Å²) >= 11 is 0. The Kier molecular flexibility index (Phi) is 3.67. The molecule has 0 aromatic heterocycles. The fourth-order valence-corrected chi connectivity index (χ4v) is 4.72. The molecular weight excluding hydrogens is 344 g/mol. The van der Waals surface area contributed by atoms with Gasteiger partial charge in [-0.05, 0) is 79.9 Å². The maximum absolute atomic E-state index is 11.2. The van der Waals surface area contributed by atoms with Crippen LogP contribution in [0.25, 0.3) is 44.5 Å². The van der Waals surface area contributed by atoms with Crippen LogP contribution >= 0.6 is 0 Å². The Morgan fingerprint density at radius 3 is 2.04 bits per heavy atom. The highest BCUT2D eigenvalue weighted by atomic mass is 16.4. The van der Waals surface area contributed by atoms with Gasteiger partial charge in [-0.1, -0.05) is 62.4 Å². The molecule has 2 N–H and O–H groups in total. The SMILES string of the molecule is CCC1(O)C=c2ccc3cc4c(ccc5ccccc54)cc3c2=CC1(O)CC. The van der Waals surface area contributed by atoms with Crippen molar-refractivity contribution < 1.29 is 10.2 Å². The number of benzene rings is 4. The van der Waals surface area contributed by atoms with E-state index in [9.17, 15) is 10.2 Å². The van der Waals surface area contributed by atoms with Crippen molar-refractivity contribution in [3.05, 3.63) is 71.1 Å². The first kappa shape index (κ1) is 17.4. The van der Waals surface area contributed by atoms with Gasteiger partial charge in [0.1, 0.15) is 11.2 Å². The van der Waals surface area contributed by atoms with Crippen molar-refractivity contribution in [2.24, 2.45) is 0 Å². The lowest BCUT2D eigenvalue weighted by molar-refractivity contribution is -0.0757. The summed E-state index contributed by atoms with van der Waals surface area (Å²) in [5, 5.41) is 31.5. The van der Waals surface area contributed by atoms with Gasteiger partial charge in [-0.15, -0.1) is 0 Å². The molecule has 4 aromatic carbocycles. The van der Waals surface area contributed by atoms with E-state index in [0.29, 0.717) is 12.8 Å².